The first kappa shape index (κ1) is 16.8. The maximum atomic E-state index is 12.0. The summed E-state index contributed by atoms with van der Waals surface area (Å²) < 4.78 is 33.0. The second-order valence-corrected chi connectivity index (χ2v) is 6.54. The number of rotatable bonds is 6. The third-order valence-corrected chi connectivity index (χ3v) is 4.05. The van der Waals surface area contributed by atoms with Gasteiger partial charge in [0, 0.05) is 6.61 Å². The monoisotopic (exact) mass is 329 g/mol. The molecule has 0 saturated carbocycles. The van der Waals surface area contributed by atoms with Gasteiger partial charge in [-0.25, -0.2) is 18.5 Å². The summed E-state index contributed by atoms with van der Waals surface area (Å²) in [5.41, 5.74) is 0.366. The van der Waals surface area contributed by atoms with Crippen LogP contribution in [0.25, 0.3) is 0 Å². The van der Waals surface area contributed by atoms with Gasteiger partial charge in [-0.1, -0.05) is 0 Å². The largest absolute Gasteiger partial charge is 0.376 e. The van der Waals surface area contributed by atoms with Gasteiger partial charge in [-0.05, 0) is 31.9 Å². The van der Waals surface area contributed by atoms with Crippen LogP contribution in [0.1, 0.15) is 19.8 Å². The van der Waals surface area contributed by atoms with Crippen LogP contribution in [-0.2, 0) is 24.3 Å². The summed E-state index contributed by atoms with van der Waals surface area (Å²) in [6.07, 6.45) is 2.57. The Kier molecular flexibility index (Phi) is 5.46. The summed E-state index contributed by atoms with van der Waals surface area (Å²) in [7, 11) is -3.84. The Labute approximate surface area is 129 Å². The Hall–Kier alpha value is -1.55. The van der Waals surface area contributed by atoms with Crippen LogP contribution in [-0.4, -0.2) is 44.7 Å². The van der Waals surface area contributed by atoms with Gasteiger partial charge in [-0.2, -0.15) is 0 Å². The molecule has 1 aliphatic rings. The van der Waals surface area contributed by atoms with Crippen LogP contribution in [0.5, 0.6) is 0 Å². The van der Waals surface area contributed by atoms with Crippen molar-refractivity contribution in [3.05, 3.63) is 18.3 Å². The van der Waals surface area contributed by atoms with Crippen molar-refractivity contribution >= 4 is 21.6 Å². The fourth-order valence-corrected chi connectivity index (χ4v) is 2.43. The Morgan fingerprint density at radius 2 is 2.36 bits per heavy atom. The average molecular weight is 329 g/mol. The third-order valence-electron chi connectivity index (χ3n) is 3.22. The van der Waals surface area contributed by atoms with Gasteiger partial charge in [0.2, 0.25) is 0 Å². The van der Waals surface area contributed by atoms with Crippen molar-refractivity contribution in [1.29, 1.82) is 0 Å². The molecule has 1 aromatic rings. The maximum absolute atomic E-state index is 12.0. The number of carbonyl (C=O) groups excluding carboxylic acids is 1. The van der Waals surface area contributed by atoms with Crippen molar-refractivity contribution in [3.8, 4) is 0 Å². The highest BCUT2D eigenvalue weighted by molar-refractivity contribution is 7.89. The summed E-state index contributed by atoms with van der Waals surface area (Å²) in [5, 5.41) is 7.28. The lowest BCUT2D eigenvalue weighted by molar-refractivity contribution is -0.128. The normalized spacial score (nSPS) is 19.8. The molecule has 0 radical (unpaired) electrons. The molecule has 0 bridgehead atoms. The zero-order valence-electron chi connectivity index (χ0n) is 12.2. The van der Waals surface area contributed by atoms with Gasteiger partial charge >= 0.3 is 0 Å². The first-order chi connectivity index (χ1) is 10.4. The second-order valence-electron chi connectivity index (χ2n) is 5.03. The molecule has 122 valence electrons. The fourth-order valence-electron chi connectivity index (χ4n) is 1.97. The Morgan fingerprint density at radius 1 is 1.59 bits per heavy atom. The predicted molar refractivity (Wildman–Crippen MR) is 78.6 cm³/mol. The van der Waals surface area contributed by atoms with Crippen LogP contribution in [0, 0.1) is 0 Å². The number of nitrogens with zero attached hydrogens (tertiary/aromatic N) is 1. The first-order valence-electron chi connectivity index (χ1n) is 6.89. The van der Waals surface area contributed by atoms with Crippen LogP contribution in [0.15, 0.2) is 23.4 Å². The highest BCUT2D eigenvalue weighted by Crippen LogP contribution is 2.14. The number of sulfonamides is 1. The highest BCUT2D eigenvalue weighted by Gasteiger charge is 2.20. The number of nitrogens with two attached hydrogens (primary N) is 1. The number of anilines is 1. The van der Waals surface area contributed by atoms with E-state index in [1.807, 2.05) is 0 Å². The summed E-state index contributed by atoms with van der Waals surface area (Å²) in [4.78, 5) is 15.6. The molecule has 2 atom stereocenters. The van der Waals surface area contributed by atoms with Crippen molar-refractivity contribution in [2.75, 3.05) is 18.5 Å². The number of primary sulfonamides is 1. The van der Waals surface area contributed by atoms with Crippen molar-refractivity contribution in [3.63, 3.8) is 0 Å². The molecule has 8 nitrogen and oxygen atoms in total. The van der Waals surface area contributed by atoms with E-state index in [9.17, 15) is 13.2 Å². The first-order valence-corrected chi connectivity index (χ1v) is 8.44. The van der Waals surface area contributed by atoms with Gasteiger partial charge in [0.15, 0.2) is 5.03 Å². The lowest BCUT2D eigenvalue weighted by atomic mass is 10.2. The molecule has 9 heteroatoms. The van der Waals surface area contributed by atoms with Crippen LogP contribution in [0.3, 0.4) is 0 Å². The van der Waals surface area contributed by atoms with Crippen molar-refractivity contribution in [2.45, 2.75) is 37.0 Å². The number of amides is 1. The van der Waals surface area contributed by atoms with E-state index in [0.29, 0.717) is 12.3 Å². The molecule has 0 aromatic carbocycles. The van der Waals surface area contributed by atoms with Gasteiger partial charge in [-0.3, -0.25) is 4.79 Å². The number of carbonyl (C=O) groups is 1. The van der Waals surface area contributed by atoms with Crippen LogP contribution in [0.4, 0.5) is 5.69 Å². The van der Waals surface area contributed by atoms with E-state index < -0.39 is 16.1 Å². The molecule has 1 aromatic heterocycles. The van der Waals surface area contributed by atoms with Gasteiger partial charge in [0.05, 0.1) is 24.6 Å². The maximum Gasteiger partial charge on any atom is 0.255 e. The van der Waals surface area contributed by atoms with Gasteiger partial charge < -0.3 is 14.8 Å². The van der Waals surface area contributed by atoms with E-state index in [-0.39, 0.29) is 17.0 Å². The molecule has 0 aliphatic carbocycles. The number of hydrogen-bond acceptors (Lipinski definition) is 6. The molecule has 1 aliphatic heterocycles. The van der Waals surface area contributed by atoms with Crippen LogP contribution >= 0.6 is 0 Å². The number of ether oxygens (including phenoxy) is 2. The van der Waals surface area contributed by atoms with Crippen LogP contribution in [0.2, 0.25) is 0 Å². The SMILES string of the molecule is CC(OCC1CCCO1)C(=O)Nc1ccc(S(N)(=O)=O)nc1. The molecule has 1 amide bonds. The third kappa shape index (κ3) is 4.73. The second kappa shape index (κ2) is 7.14. The van der Waals surface area contributed by atoms with Crippen molar-refractivity contribution in [2.24, 2.45) is 5.14 Å². The minimum atomic E-state index is -3.84. The molecule has 1 fully saturated rings. The average Bonchev–Trinajstić information content (AvgIpc) is 2.97. The summed E-state index contributed by atoms with van der Waals surface area (Å²) in [6, 6.07) is 2.64. The number of nitrogens with one attached hydrogen (secondary N) is 1. The van der Waals surface area contributed by atoms with E-state index in [0.717, 1.165) is 19.4 Å². The molecule has 1 saturated heterocycles. The molecular formula is C13H19N3O5S. The smallest absolute Gasteiger partial charge is 0.255 e. The lowest BCUT2D eigenvalue weighted by Gasteiger charge is -2.16. The molecular weight excluding hydrogens is 310 g/mol. The zero-order valence-corrected chi connectivity index (χ0v) is 13.0. The quantitative estimate of drug-likeness (QED) is 0.772. The van der Waals surface area contributed by atoms with E-state index >= 15 is 0 Å². The Bertz CT molecular complexity index is 611. The van der Waals surface area contributed by atoms with Crippen molar-refractivity contribution < 1.29 is 22.7 Å². The van der Waals surface area contributed by atoms with E-state index in [1.165, 1.54) is 18.3 Å². The number of pyridine rings is 1. The summed E-state index contributed by atoms with van der Waals surface area (Å²) in [6.45, 7) is 2.74. The van der Waals surface area contributed by atoms with E-state index in [4.69, 9.17) is 14.6 Å². The number of hydrogen-bond donors (Lipinski definition) is 2. The highest BCUT2D eigenvalue weighted by atomic mass is 32.2. The Morgan fingerprint density at radius 3 is 2.91 bits per heavy atom. The van der Waals surface area contributed by atoms with E-state index in [2.05, 4.69) is 10.3 Å². The molecule has 2 rings (SSSR count). The predicted octanol–water partition coefficient (Wildman–Crippen LogP) is 0.252. The minimum absolute atomic E-state index is 0.0472. The summed E-state index contributed by atoms with van der Waals surface area (Å²) >= 11 is 0. The van der Waals surface area contributed by atoms with Crippen LogP contribution < -0.4 is 10.5 Å². The minimum Gasteiger partial charge on any atom is -0.376 e. The number of aromatic nitrogens is 1. The van der Waals surface area contributed by atoms with E-state index in [1.54, 1.807) is 6.92 Å². The molecule has 2 unspecified atom stereocenters. The lowest BCUT2D eigenvalue weighted by Crippen LogP contribution is -2.30. The van der Waals surface area contributed by atoms with Gasteiger partial charge in [0.1, 0.15) is 6.10 Å². The zero-order chi connectivity index (χ0) is 16.2. The fraction of sp³-hybridized carbons (Fsp3) is 0.538. The van der Waals surface area contributed by atoms with Gasteiger partial charge in [0.25, 0.3) is 15.9 Å². The topological polar surface area (TPSA) is 121 Å². The molecule has 2 heterocycles. The standard InChI is InChI=1S/C13H19N3O5S/c1-9(21-8-11-3-2-6-20-11)13(17)16-10-4-5-12(15-7-10)22(14,18)19/h4-5,7,9,11H,2-3,6,8H2,1H3,(H,16,17)(H2,14,18,19). The Balaban J connectivity index is 1.85. The molecule has 22 heavy (non-hydrogen) atoms. The van der Waals surface area contributed by atoms with Crippen molar-refractivity contribution in [1.82, 2.24) is 4.98 Å². The molecule has 3 N–H and O–H groups in total. The summed E-state index contributed by atoms with van der Waals surface area (Å²) in [5.74, 6) is -0.344. The molecule has 0 spiro atoms. The van der Waals surface area contributed by atoms with Gasteiger partial charge in [-0.15, -0.1) is 0 Å².